The lowest BCUT2D eigenvalue weighted by atomic mass is 10.1. The van der Waals surface area contributed by atoms with Gasteiger partial charge in [-0.1, -0.05) is 0 Å². The molecule has 1 atom stereocenters. The molecule has 21 heavy (non-hydrogen) atoms. The van der Waals surface area contributed by atoms with Crippen LogP contribution < -0.4 is 10.1 Å². The van der Waals surface area contributed by atoms with Gasteiger partial charge in [0.05, 0.1) is 6.61 Å². The average molecular weight is 295 g/mol. The van der Waals surface area contributed by atoms with E-state index in [1.807, 2.05) is 6.92 Å². The normalized spacial score (nSPS) is 11.5. The topological polar surface area (TPSA) is 113 Å². The third-order valence-electron chi connectivity index (χ3n) is 2.68. The predicted molar refractivity (Wildman–Crippen MR) is 73.4 cm³/mol. The fraction of sp³-hybridized carbons (Fsp3) is 0.357. The van der Waals surface area contributed by atoms with E-state index >= 15 is 0 Å². The maximum absolute atomic E-state index is 11.9. The van der Waals surface area contributed by atoms with Gasteiger partial charge in [0.1, 0.15) is 11.8 Å². The summed E-state index contributed by atoms with van der Waals surface area (Å²) in [6, 6.07) is 4.99. The Hall–Kier alpha value is -2.57. The zero-order valence-electron chi connectivity index (χ0n) is 11.5. The Morgan fingerprint density at radius 3 is 2.29 bits per heavy atom. The largest absolute Gasteiger partial charge is 0.494 e. The summed E-state index contributed by atoms with van der Waals surface area (Å²) in [5.41, 5.74) is 0.278. The summed E-state index contributed by atoms with van der Waals surface area (Å²) in [4.78, 5) is 33.4. The quantitative estimate of drug-likeness (QED) is 0.662. The Morgan fingerprint density at radius 1 is 1.19 bits per heavy atom. The summed E-state index contributed by atoms with van der Waals surface area (Å²) in [7, 11) is 0. The maximum Gasteiger partial charge on any atom is 0.326 e. The molecule has 0 aliphatic carbocycles. The van der Waals surface area contributed by atoms with Crippen LogP contribution in [-0.2, 0) is 9.59 Å². The highest BCUT2D eigenvalue weighted by atomic mass is 16.5. The first kappa shape index (κ1) is 16.5. The number of ether oxygens (including phenoxy) is 1. The molecule has 7 nitrogen and oxygen atoms in total. The summed E-state index contributed by atoms with van der Waals surface area (Å²) < 4.78 is 5.23. The van der Waals surface area contributed by atoms with E-state index in [9.17, 15) is 14.4 Å². The Kier molecular flexibility index (Phi) is 6.19. The van der Waals surface area contributed by atoms with E-state index in [0.29, 0.717) is 12.4 Å². The maximum atomic E-state index is 11.9. The van der Waals surface area contributed by atoms with Crippen LogP contribution in [0.1, 0.15) is 30.1 Å². The Morgan fingerprint density at radius 2 is 1.81 bits per heavy atom. The van der Waals surface area contributed by atoms with Gasteiger partial charge in [-0.05, 0) is 37.6 Å². The number of nitrogens with one attached hydrogen (secondary N) is 1. The molecule has 114 valence electrons. The number of benzene rings is 1. The number of carboxylic acids is 2. The van der Waals surface area contributed by atoms with Gasteiger partial charge >= 0.3 is 11.9 Å². The molecule has 0 aliphatic rings. The standard InChI is InChI=1S/C14H17NO6/c1-2-21-10-5-3-9(4-6-10)13(18)15-11(14(19)20)7-8-12(16)17/h3-6,11H,2,7-8H2,1H3,(H,15,18)(H,16,17)(H,19,20)/t11-/m0/s1. The van der Waals surface area contributed by atoms with E-state index in [1.165, 1.54) is 12.1 Å². The van der Waals surface area contributed by atoms with Crippen LogP contribution in [0.25, 0.3) is 0 Å². The van der Waals surface area contributed by atoms with Crippen molar-refractivity contribution < 1.29 is 29.3 Å². The summed E-state index contributed by atoms with van der Waals surface area (Å²) >= 11 is 0. The molecule has 0 unspecified atom stereocenters. The number of carbonyl (C=O) groups is 3. The Bertz CT molecular complexity index is 511. The van der Waals surface area contributed by atoms with Crippen LogP contribution in [0.15, 0.2) is 24.3 Å². The molecule has 0 saturated heterocycles. The molecule has 1 rings (SSSR count). The van der Waals surface area contributed by atoms with Crippen LogP contribution in [0, 0.1) is 0 Å². The minimum Gasteiger partial charge on any atom is -0.494 e. The molecule has 0 aromatic heterocycles. The third kappa shape index (κ3) is 5.52. The molecule has 1 aromatic rings. The first-order chi connectivity index (χ1) is 9.93. The van der Waals surface area contributed by atoms with Crippen LogP contribution in [0.2, 0.25) is 0 Å². The predicted octanol–water partition coefficient (Wildman–Crippen LogP) is 1.13. The Labute approximate surface area is 121 Å². The molecule has 0 heterocycles. The highest BCUT2D eigenvalue weighted by molar-refractivity contribution is 5.96. The molecule has 0 bridgehead atoms. The van der Waals surface area contributed by atoms with E-state index < -0.39 is 23.9 Å². The number of rotatable bonds is 8. The highest BCUT2D eigenvalue weighted by Gasteiger charge is 2.21. The number of amides is 1. The van der Waals surface area contributed by atoms with Gasteiger partial charge in [0, 0.05) is 12.0 Å². The lowest BCUT2D eigenvalue weighted by Crippen LogP contribution is -2.41. The minimum absolute atomic E-state index is 0.173. The van der Waals surface area contributed by atoms with Gasteiger partial charge in [-0.25, -0.2) is 4.79 Å². The van der Waals surface area contributed by atoms with E-state index in [1.54, 1.807) is 12.1 Å². The molecule has 0 radical (unpaired) electrons. The third-order valence-corrected chi connectivity index (χ3v) is 2.68. The van der Waals surface area contributed by atoms with Crippen molar-refractivity contribution in [1.29, 1.82) is 0 Å². The van der Waals surface area contributed by atoms with Gasteiger partial charge in [-0.2, -0.15) is 0 Å². The van der Waals surface area contributed by atoms with Gasteiger partial charge < -0.3 is 20.3 Å². The van der Waals surface area contributed by atoms with Crippen molar-refractivity contribution in [1.82, 2.24) is 5.32 Å². The number of hydrogen-bond acceptors (Lipinski definition) is 4. The van der Waals surface area contributed by atoms with Crippen molar-refractivity contribution in [3.05, 3.63) is 29.8 Å². The molecule has 0 aliphatic heterocycles. The summed E-state index contributed by atoms with van der Waals surface area (Å²) in [6.07, 6.45) is -0.506. The van der Waals surface area contributed by atoms with E-state index in [-0.39, 0.29) is 18.4 Å². The fourth-order valence-electron chi connectivity index (χ4n) is 1.64. The summed E-state index contributed by atoms with van der Waals surface area (Å²) in [5, 5.41) is 19.8. The molecule has 7 heteroatoms. The number of aliphatic carboxylic acids is 2. The molecule has 0 fully saturated rings. The van der Waals surface area contributed by atoms with Crippen molar-refractivity contribution in [3.63, 3.8) is 0 Å². The van der Waals surface area contributed by atoms with E-state index in [2.05, 4.69) is 5.32 Å². The van der Waals surface area contributed by atoms with Gasteiger partial charge in [-0.15, -0.1) is 0 Å². The fourth-order valence-corrected chi connectivity index (χ4v) is 1.64. The molecule has 0 spiro atoms. The molecule has 3 N–H and O–H groups in total. The molecular formula is C14H17NO6. The van der Waals surface area contributed by atoms with Crippen LogP contribution >= 0.6 is 0 Å². The van der Waals surface area contributed by atoms with Crippen LogP contribution in [0.4, 0.5) is 0 Å². The van der Waals surface area contributed by atoms with Crippen molar-refractivity contribution in [3.8, 4) is 5.75 Å². The second-order valence-corrected chi connectivity index (χ2v) is 4.25. The summed E-state index contributed by atoms with van der Waals surface area (Å²) in [6.45, 7) is 2.34. The average Bonchev–Trinajstić information content (AvgIpc) is 2.43. The SMILES string of the molecule is CCOc1ccc(C(=O)N[C@@H](CCC(=O)O)C(=O)O)cc1. The molecule has 1 aromatic carbocycles. The van der Waals surface area contributed by atoms with Crippen LogP contribution in [-0.4, -0.2) is 40.7 Å². The van der Waals surface area contributed by atoms with Crippen molar-refractivity contribution in [2.45, 2.75) is 25.8 Å². The first-order valence-electron chi connectivity index (χ1n) is 6.42. The molecular weight excluding hydrogens is 278 g/mol. The Balaban J connectivity index is 2.67. The van der Waals surface area contributed by atoms with Crippen LogP contribution in [0.5, 0.6) is 5.75 Å². The molecule has 0 saturated carbocycles. The number of carbonyl (C=O) groups excluding carboxylic acids is 1. The van der Waals surface area contributed by atoms with Gasteiger partial charge in [0.2, 0.25) is 0 Å². The summed E-state index contributed by atoms with van der Waals surface area (Å²) in [5.74, 6) is -2.35. The van der Waals surface area contributed by atoms with Gasteiger partial charge in [0.25, 0.3) is 5.91 Å². The second kappa shape index (κ2) is 7.88. The second-order valence-electron chi connectivity index (χ2n) is 4.25. The van der Waals surface area contributed by atoms with Crippen molar-refractivity contribution in [2.24, 2.45) is 0 Å². The monoisotopic (exact) mass is 295 g/mol. The zero-order valence-corrected chi connectivity index (χ0v) is 11.5. The van der Waals surface area contributed by atoms with Crippen LogP contribution in [0.3, 0.4) is 0 Å². The first-order valence-corrected chi connectivity index (χ1v) is 6.42. The zero-order chi connectivity index (χ0) is 15.8. The van der Waals surface area contributed by atoms with E-state index in [0.717, 1.165) is 0 Å². The molecule has 1 amide bonds. The number of carboxylic acid groups (broad SMARTS) is 2. The van der Waals surface area contributed by atoms with Gasteiger partial charge in [-0.3, -0.25) is 9.59 Å². The lowest BCUT2D eigenvalue weighted by Gasteiger charge is -2.13. The number of hydrogen-bond donors (Lipinski definition) is 3. The minimum atomic E-state index is -1.27. The van der Waals surface area contributed by atoms with Crippen molar-refractivity contribution in [2.75, 3.05) is 6.61 Å². The highest BCUT2D eigenvalue weighted by Crippen LogP contribution is 2.12. The van der Waals surface area contributed by atoms with Gasteiger partial charge in [0.15, 0.2) is 0 Å². The van der Waals surface area contributed by atoms with Crippen molar-refractivity contribution >= 4 is 17.8 Å². The smallest absolute Gasteiger partial charge is 0.326 e. The van der Waals surface area contributed by atoms with E-state index in [4.69, 9.17) is 14.9 Å². The lowest BCUT2D eigenvalue weighted by molar-refractivity contribution is -0.140.